The Bertz CT molecular complexity index is 561. The number of para-hydroxylation sites is 1. The van der Waals surface area contributed by atoms with Crippen LogP contribution < -0.4 is 5.14 Å². The first-order chi connectivity index (χ1) is 8.22. The van der Waals surface area contributed by atoms with Gasteiger partial charge in [-0.1, -0.05) is 24.3 Å². The van der Waals surface area contributed by atoms with Crippen LogP contribution in [0.15, 0.2) is 42.6 Å². The lowest BCUT2D eigenvalue weighted by Crippen LogP contribution is -2.30. The van der Waals surface area contributed by atoms with Crippen molar-refractivity contribution < 1.29 is 21.6 Å². The van der Waals surface area contributed by atoms with Crippen LogP contribution in [-0.2, 0) is 10.0 Å². The fourth-order valence-electron chi connectivity index (χ4n) is 1.02. The molecule has 0 unspecified atom stereocenters. The topological polar surface area (TPSA) is 73.1 Å². The average molecular weight is 278 g/mol. The number of halogens is 3. The zero-order valence-corrected chi connectivity index (χ0v) is 9.74. The van der Waals surface area contributed by atoms with Crippen LogP contribution in [0.2, 0.25) is 0 Å². The summed E-state index contributed by atoms with van der Waals surface area (Å²) in [6.45, 7) is 0. The number of alkyl halides is 3. The molecule has 0 radical (unpaired) electrons. The van der Waals surface area contributed by atoms with Gasteiger partial charge in [-0.2, -0.15) is 13.2 Å². The van der Waals surface area contributed by atoms with E-state index in [4.69, 9.17) is 0 Å². The van der Waals surface area contributed by atoms with Crippen molar-refractivity contribution in [3.05, 3.63) is 42.6 Å². The SMILES string of the molecule is NS(=O)(=O)C(F)(F)F.c1ccc2ncccc2c1. The average Bonchev–Trinajstić information content (AvgIpc) is 2.27. The van der Waals surface area contributed by atoms with Gasteiger partial charge in [-0.15, -0.1) is 0 Å². The maximum Gasteiger partial charge on any atom is 0.511 e. The Morgan fingerprint density at radius 3 is 2.06 bits per heavy atom. The maximum absolute atomic E-state index is 10.8. The third kappa shape index (κ3) is 3.97. The summed E-state index contributed by atoms with van der Waals surface area (Å²) in [5.41, 5.74) is -4.25. The van der Waals surface area contributed by atoms with Crippen molar-refractivity contribution in [1.29, 1.82) is 0 Å². The monoisotopic (exact) mass is 278 g/mol. The molecule has 1 heterocycles. The second-order valence-corrected chi connectivity index (χ2v) is 4.74. The zero-order chi connectivity index (χ0) is 13.8. The van der Waals surface area contributed by atoms with E-state index in [-0.39, 0.29) is 0 Å². The third-order valence-electron chi connectivity index (χ3n) is 1.83. The van der Waals surface area contributed by atoms with E-state index in [0.29, 0.717) is 0 Å². The number of pyridine rings is 1. The highest BCUT2D eigenvalue weighted by Gasteiger charge is 2.42. The number of fused-ring (bicyclic) bond motifs is 1. The van der Waals surface area contributed by atoms with Crippen molar-refractivity contribution >= 4 is 20.9 Å². The van der Waals surface area contributed by atoms with Crippen molar-refractivity contribution in [1.82, 2.24) is 4.98 Å². The first-order valence-corrected chi connectivity index (χ1v) is 6.15. The Kier molecular flexibility index (Phi) is 4.25. The molecule has 0 amide bonds. The number of nitrogens with two attached hydrogens (primary N) is 1. The van der Waals surface area contributed by atoms with Crippen LogP contribution in [0.25, 0.3) is 10.9 Å². The number of aromatic nitrogens is 1. The third-order valence-corrected chi connectivity index (χ3v) is 2.48. The lowest BCUT2D eigenvalue weighted by molar-refractivity contribution is -0.0436. The highest BCUT2D eigenvalue weighted by Crippen LogP contribution is 2.18. The number of benzene rings is 1. The molecule has 0 aliphatic rings. The molecule has 0 saturated carbocycles. The predicted molar refractivity (Wildman–Crippen MR) is 60.9 cm³/mol. The number of hydrogen-bond donors (Lipinski definition) is 1. The minimum absolute atomic E-state index is 1.06. The Labute approximate surface area is 101 Å². The predicted octanol–water partition coefficient (Wildman–Crippen LogP) is 2.03. The van der Waals surface area contributed by atoms with Crippen LogP contribution >= 0.6 is 0 Å². The summed E-state index contributed by atoms with van der Waals surface area (Å²) in [6, 6.07) is 12.1. The molecule has 2 rings (SSSR count). The molecule has 0 saturated heterocycles. The molecule has 0 aliphatic heterocycles. The van der Waals surface area contributed by atoms with Crippen molar-refractivity contribution in [2.75, 3.05) is 0 Å². The van der Waals surface area contributed by atoms with Crippen molar-refractivity contribution in [3.63, 3.8) is 0 Å². The molecular formula is C10H9F3N2O2S. The summed E-state index contributed by atoms with van der Waals surface area (Å²) < 4.78 is 51.2. The van der Waals surface area contributed by atoms with Gasteiger partial charge < -0.3 is 0 Å². The highest BCUT2D eigenvalue weighted by molar-refractivity contribution is 7.90. The van der Waals surface area contributed by atoms with Crippen LogP contribution in [0.4, 0.5) is 13.2 Å². The first kappa shape index (κ1) is 14.4. The van der Waals surface area contributed by atoms with E-state index < -0.39 is 15.5 Å². The van der Waals surface area contributed by atoms with Crippen molar-refractivity contribution in [2.45, 2.75) is 5.51 Å². The Morgan fingerprint density at radius 2 is 1.56 bits per heavy atom. The van der Waals surface area contributed by atoms with Gasteiger partial charge in [-0.3, -0.25) is 4.98 Å². The summed E-state index contributed by atoms with van der Waals surface area (Å²) >= 11 is 0. The van der Waals surface area contributed by atoms with Crippen LogP contribution in [0.5, 0.6) is 0 Å². The second-order valence-electron chi connectivity index (χ2n) is 3.19. The van der Waals surface area contributed by atoms with Crippen molar-refractivity contribution in [2.24, 2.45) is 5.14 Å². The summed E-state index contributed by atoms with van der Waals surface area (Å²) in [7, 11) is -5.34. The number of hydrogen-bond acceptors (Lipinski definition) is 3. The van der Waals surface area contributed by atoms with Gasteiger partial charge in [0.15, 0.2) is 0 Å². The van der Waals surface area contributed by atoms with E-state index in [1.165, 1.54) is 5.39 Å². The largest absolute Gasteiger partial charge is 0.511 e. The molecule has 0 spiro atoms. The highest BCUT2D eigenvalue weighted by atomic mass is 32.2. The van der Waals surface area contributed by atoms with E-state index in [1.54, 1.807) is 0 Å². The lowest BCUT2D eigenvalue weighted by atomic mass is 10.2. The van der Waals surface area contributed by atoms with E-state index in [1.807, 2.05) is 30.5 Å². The molecule has 0 fully saturated rings. The van der Waals surface area contributed by atoms with Gasteiger partial charge in [0.25, 0.3) is 0 Å². The van der Waals surface area contributed by atoms with E-state index in [9.17, 15) is 21.6 Å². The molecule has 2 aromatic rings. The fourth-order valence-corrected chi connectivity index (χ4v) is 1.02. The summed E-state index contributed by atoms with van der Waals surface area (Å²) in [5.74, 6) is 0. The molecule has 0 bridgehead atoms. The van der Waals surface area contributed by atoms with E-state index in [2.05, 4.69) is 22.3 Å². The normalized spacial score (nSPS) is 11.8. The van der Waals surface area contributed by atoms with E-state index >= 15 is 0 Å². The van der Waals surface area contributed by atoms with Crippen LogP contribution in [0, 0.1) is 0 Å². The minimum atomic E-state index is -5.34. The maximum atomic E-state index is 10.8. The molecule has 8 heteroatoms. The molecule has 98 valence electrons. The Balaban J connectivity index is 0.000000187. The van der Waals surface area contributed by atoms with Gasteiger partial charge >= 0.3 is 15.5 Å². The molecule has 2 N–H and O–H groups in total. The van der Waals surface area contributed by atoms with Gasteiger partial charge in [0, 0.05) is 11.6 Å². The Morgan fingerprint density at radius 1 is 1.06 bits per heavy atom. The van der Waals surface area contributed by atoms with Gasteiger partial charge in [0.05, 0.1) is 5.52 Å². The van der Waals surface area contributed by atoms with Crippen LogP contribution in [-0.4, -0.2) is 18.9 Å². The number of rotatable bonds is 0. The molecule has 1 aromatic heterocycles. The van der Waals surface area contributed by atoms with Crippen molar-refractivity contribution in [3.8, 4) is 0 Å². The standard InChI is InChI=1S/C9H7N.CH2F3NO2S/c1-2-6-9-8(4-1)5-3-7-10-9;2-1(3,4)8(5,6)7/h1-7H;(H2,5,6,7). The van der Waals surface area contributed by atoms with Gasteiger partial charge in [-0.05, 0) is 12.1 Å². The molecular weight excluding hydrogens is 269 g/mol. The Hall–Kier alpha value is -1.67. The molecule has 18 heavy (non-hydrogen) atoms. The van der Waals surface area contributed by atoms with E-state index in [0.717, 1.165) is 5.52 Å². The van der Waals surface area contributed by atoms with Crippen LogP contribution in [0.3, 0.4) is 0 Å². The van der Waals surface area contributed by atoms with Gasteiger partial charge in [-0.25, -0.2) is 13.6 Å². The minimum Gasteiger partial charge on any atom is -0.256 e. The zero-order valence-electron chi connectivity index (χ0n) is 8.92. The smallest absolute Gasteiger partial charge is 0.256 e. The molecule has 0 aliphatic carbocycles. The van der Waals surface area contributed by atoms with Crippen LogP contribution in [0.1, 0.15) is 0 Å². The van der Waals surface area contributed by atoms with Gasteiger partial charge in [0.1, 0.15) is 0 Å². The molecule has 4 nitrogen and oxygen atoms in total. The molecule has 0 atom stereocenters. The van der Waals surface area contributed by atoms with Gasteiger partial charge in [0.2, 0.25) is 0 Å². The second kappa shape index (κ2) is 5.32. The lowest BCUT2D eigenvalue weighted by Gasteiger charge is -1.98. The number of primary sulfonamides is 1. The number of nitrogens with zero attached hydrogens (tertiary/aromatic N) is 1. The first-order valence-electron chi connectivity index (χ1n) is 4.60. The number of sulfonamides is 1. The summed E-state index contributed by atoms with van der Waals surface area (Å²) in [6.07, 6.45) is 1.81. The summed E-state index contributed by atoms with van der Waals surface area (Å²) in [4.78, 5) is 4.18. The summed E-state index contributed by atoms with van der Waals surface area (Å²) in [5, 5.41) is 4.86. The molecule has 1 aromatic carbocycles. The fraction of sp³-hybridized carbons (Fsp3) is 0.100. The quantitative estimate of drug-likeness (QED) is 0.801.